The third kappa shape index (κ3) is 4.10. The summed E-state index contributed by atoms with van der Waals surface area (Å²) in [7, 11) is 0. The van der Waals surface area contributed by atoms with E-state index in [2.05, 4.69) is 15.3 Å². The molecule has 0 unspecified atom stereocenters. The van der Waals surface area contributed by atoms with Crippen molar-refractivity contribution in [2.45, 2.75) is 6.92 Å². The SMILES string of the molecule is CC(=O)Nc1ccc(F)cc1-c1ccc(/C=C/C(=O)c2ncc[nH]2)cc1. The van der Waals surface area contributed by atoms with E-state index in [-0.39, 0.29) is 23.3 Å². The molecule has 0 bridgehead atoms. The van der Waals surface area contributed by atoms with E-state index in [0.29, 0.717) is 11.3 Å². The van der Waals surface area contributed by atoms with E-state index in [1.807, 2.05) is 12.1 Å². The number of aromatic amines is 1. The van der Waals surface area contributed by atoms with Crippen LogP contribution in [-0.2, 0) is 4.79 Å². The van der Waals surface area contributed by atoms with Crippen molar-refractivity contribution < 1.29 is 14.0 Å². The number of rotatable bonds is 5. The number of nitrogens with one attached hydrogen (secondary N) is 2. The highest BCUT2D eigenvalue weighted by Gasteiger charge is 2.08. The molecule has 1 amide bonds. The number of hydrogen-bond acceptors (Lipinski definition) is 3. The van der Waals surface area contributed by atoms with E-state index in [4.69, 9.17) is 0 Å². The molecule has 0 spiro atoms. The fourth-order valence-corrected chi connectivity index (χ4v) is 2.48. The van der Waals surface area contributed by atoms with E-state index >= 15 is 0 Å². The number of allylic oxidation sites excluding steroid dienone is 1. The third-order valence-corrected chi connectivity index (χ3v) is 3.67. The van der Waals surface area contributed by atoms with Crippen molar-refractivity contribution in [3.8, 4) is 11.1 Å². The van der Waals surface area contributed by atoms with E-state index in [1.165, 1.54) is 37.4 Å². The van der Waals surface area contributed by atoms with Crippen LogP contribution in [0.1, 0.15) is 23.1 Å². The molecule has 2 N–H and O–H groups in total. The Hall–Kier alpha value is -3.54. The summed E-state index contributed by atoms with van der Waals surface area (Å²) in [6, 6.07) is 11.4. The number of aromatic nitrogens is 2. The molecule has 0 radical (unpaired) electrons. The topological polar surface area (TPSA) is 74.8 Å². The predicted octanol–water partition coefficient (Wildman–Crippen LogP) is 4.07. The zero-order valence-corrected chi connectivity index (χ0v) is 14.0. The van der Waals surface area contributed by atoms with Gasteiger partial charge < -0.3 is 10.3 Å². The summed E-state index contributed by atoms with van der Waals surface area (Å²) < 4.78 is 13.6. The van der Waals surface area contributed by atoms with Crippen molar-refractivity contribution in [3.63, 3.8) is 0 Å². The summed E-state index contributed by atoms with van der Waals surface area (Å²) in [5, 5.41) is 2.69. The second-order valence-corrected chi connectivity index (χ2v) is 5.63. The summed E-state index contributed by atoms with van der Waals surface area (Å²) in [5.41, 5.74) is 2.69. The third-order valence-electron chi connectivity index (χ3n) is 3.67. The lowest BCUT2D eigenvalue weighted by Gasteiger charge is -2.10. The summed E-state index contributed by atoms with van der Waals surface area (Å²) in [6.07, 6.45) is 6.21. The fraction of sp³-hybridized carbons (Fsp3) is 0.0500. The van der Waals surface area contributed by atoms with E-state index in [9.17, 15) is 14.0 Å². The van der Waals surface area contributed by atoms with Gasteiger partial charge in [0.1, 0.15) is 5.82 Å². The Kier molecular flexibility index (Phi) is 5.03. The van der Waals surface area contributed by atoms with Gasteiger partial charge in [-0.1, -0.05) is 30.3 Å². The number of carbonyl (C=O) groups excluding carboxylic acids is 2. The first-order chi connectivity index (χ1) is 12.5. The molecule has 0 saturated carbocycles. The van der Waals surface area contributed by atoms with Gasteiger partial charge in [-0.3, -0.25) is 9.59 Å². The van der Waals surface area contributed by atoms with Crippen LogP contribution in [0, 0.1) is 5.82 Å². The number of H-pyrrole nitrogens is 1. The standard InChI is InChI=1S/C20H16FN3O2/c1-13(25)24-18-8-7-16(21)12-17(18)15-5-2-14(3-6-15)4-9-19(26)20-22-10-11-23-20/h2-12H,1H3,(H,22,23)(H,24,25)/b9-4+. The number of carbonyl (C=O) groups is 2. The van der Waals surface area contributed by atoms with Crippen molar-refractivity contribution in [3.05, 3.63) is 78.1 Å². The number of ketones is 1. The van der Waals surface area contributed by atoms with Crippen molar-refractivity contribution >= 4 is 23.5 Å². The largest absolute Gasteiger partial charge is 0.342 e. The number of nitrogens with zero attached hydrogens (tertiary/aromatic N) is 1. The monoisotopic (exact) mass is 349 g/mol. The first-order valence-electron chi connectivity index (χ1n) is 7.92. The molecule has 0 fully saturated rings. The fourth-order valence-electron chi connectivity index (χ4n) is 2.48. The van der Waals surface area contributed by atoms with Crippen LogP contribution < -0.4 is 5.32 Å². The number of anilines is 1. The van der Waals surface area contributed by atoms with Crippen molar-refractivity contribution in [2.24, 2.45) is 0 Å². The molecule has 2 aromatic carbocycles. The minimum Gasteiger partial charge on any atom is -0.342 e. The number of hydrogen-bond donors (Lipinski definition) is 2. The smallest absolute Gasteiger partial charge is 0.221 e. The molecule has 5 nitrogen and oxygen atoms in total. The average molecular weight is 349 g/mol. The maximum Gasteiger partial charge on any atom is 0.221 e. The molecular weight excluding hydrogens is 333 g/mol. The van der Waals surface area contributed by atoms with Crippen LogP contribution in [0.2, 0.25) is 0 Å². The summed E-state index contributed by atoms with van der Waals surface area (Å²) in [5.74, 6) is -0.564. The zero-order valence-electron chi connectivity index (χ0n) is 14.0. The van der Waals surface area contributed by atoms with Gasteiger partial charge in [-0.05, 0) is 35.4 Å². The van der Waals surface area contributed by atoms with Crippen LogP contribution in [0.25, 0.3) is 17.2 Å². The van der Waals surface area contributed by atoms with Crippen LogP contribution in [0.15, 0.2) is 60.9 Å². The number of benzene rings is 2. The van der Waals surface area contributed by atoms with E-state index in [0.717, 1.165) is 11.1 Å². The van der Waals surface area contributed by atoms with Gasteiger partial charge in [0.15, 0.2) is 5.82 Å². The van der Waals surface area contributed by atoms with Gasteiger partial charge in [-0.15, -0.1) is 0 Å². The minimum absolute atomic E-state index is 0.225. The van der Waals surface area contributed by atoms with Crippen molar-refractivity contribution in [2.75, 3.05) is 5.32 Å². The van der Waals surface area contributed by atoms with Crippen LogP contribution in [-0.4, -0.2) is 21.7 Å². The molecule has 3 rings (SSSR count). The molecule has 3 aromatic rings. The molecule has 0 aliphatic carbocycles. The second-order valence-electron chi connectivity index (χ2n) is 5.63. The molecular formula is C20H16FN3O2. The first kappa shape index (κ1) is 17.3. The molecule has 0 saturated heterocycles. The van der Waals surface area contributed by atoms with Crippen LogP contribution in [0.4, 0.5) is 10.1 Å². The Morgan fingerprint density at radius 1 is 1.15 bits per heavy atom. The highest BCUT2D eigenvalue weighted by molar-refractivity contribution is 6.04. The quantitative estimate of drug-likeness (QED) is 0.538. The van der Waals surface area contributed by atoms with Crippen LogP contribution >= 0.6 is 0 Å². The summed E-state index contributed by atoms with van der Waals surface area (Å²) >= 11 is 0. The number of amides is 1. The Balaban J connectivity index is 1.83. The lowest BCUT2D eigenvalue weighted by molar-refractivity contribution is -0.114. The van der Waals surface area contributed by atoms with E-state index in [1.54, 1.807) is 24.4 Å². The highest BCUT2D eigenvalue weighted by atomic mass is 19.1. The van der Waals surface area contributed by atoms with Crippen LogP contribution in [0.3, 0.4) is 0 Å². The van der Waals surface area contributed by atoms with Crippen molar-refractivity contribution in [1.29, 1.82) is 0 Å². The molecule has 26 heavy (non-hydrogen) atoms. The van der Waals surface area contributed by atoms with E-state index < -0.39 is 0 Å². The number of imidazole rings is 1. The lowest BCUT2D eigenvalue weighted by atomic mass is 10.0. The molecule has 0 aliphatic heterocycles. The predicted molar refractivity (Wildman–Crippen MR) is 98.1 cm³/mol. The lowest BCUT2D eigenvalue weighted by Crippen LogP contribution is -2.07. The average Bonchev–Trinajstić information content (AvgIpc) is 3.16. The maximum atomic E-state index is 13.6. The Bertz CT molecular complexity index is 961. The zero-order chi connectivity index (χ0) is 18.5. The molecule has 0 atom stereocenters. The van der Waals surface area contributed by atoms with Gasteiger partial charge in [-0.2, -0.15) is 0 Å². The van der Waals surface area contributed by atoms with Gasteiger partial charge in [0.25, 0.3) is 0 Å². The molecule has 6 heteroatoms. The molecule has 0 aliphatic rings. The van der Waals surface area contributed by atoms with Crippen molar-refractivity contribution in [1.82, 2.24) is 9.97 Å². The van der Waals surface area contributed by atoms with Gasteiger partial charge in [0.2, 0.25) is 11.7 Å². The minimum atomic E-state index is -0.387. The summed E-state index contributed by atoms with van der Waals surface area (Å²) in [6.45, 7) is 1.40. The molecule has 130 valence electrons. The Morgan fingerprint density at radius 2 is 1.92 bits per heavy atom. The number of halogens is 1. The Labute approximate surface area is 149 Å². The highest BCUT2D eigenvalue weighted by Crippen LogP contribution is 2.29. The first-order valence-corrected chi connectivity index (χ1v) is 7.92. The normalized spacial score (nSPS) is 10.8. The molecule has 1 heterocycles. The van der Waals surface area contributed by atoms with Gasteiger partial charge in [0.05, 0.1) is 0 Å². The maximum absolute atomic E-state index is 13.6. The molecule has 1 aromatic heterocycles. The van der Waals surface area contributed by atoms with Gasteiger partial charge in [-0.25, -0.2) is 9.37 Å². The second kappa shape index (κ2) is 7.57. The van der Waals surface area contributed by atoms with Gasteiger partial charge >= 0.3 is 0 Å². The summed E-state index contributed by atoms with van der Waals surface area (Å²) in [4.78, 5) is 29.9. The van der Waals surface area contributed by atoms with Crippen LogP contribution in [0.5, 0.6) is 0 Å². The van der Waals surface area contributed by atoms with Gasteiger partial charge in [0, 0.05) is 30.6 Å². The Morgan fingerprint density at radius 3 is 2.58 bits per heavy atom.